The van der Waals surface area contributed by atoms with E-state index in [9.17, 15) is 14.4 Å². The highest BCUT2D eigenvalue weighted by atomic mass is 32.1. The molecule has 6 nitrogen and oxygen atoms in total. The van der Waals surface area contributed by atoms with Gasteiger partial charge in [-0.05, 0) is 25.0 Å². The number of benzene rings is 1. The van der Waals surface area contributed by atoms with Crippen molar-refractivity contribution in [1.29, 1.82) is 0 Å². The van der Waals surface area contributed by atoms with Crippen LogP contribution in [-0.2, 0) is 9.59 Å². The average Bonchev–Trinajstić information content (AvgIpc) is 3.28. The number of nitrogens with zero attached hydrogens (tertiary/aromatic N) is 1. The van der Waals surface area contributed by atoms with Crippen molar-refractivity contribution in [3.8, 4) is 0 Å². The summed E-state index contributed by atoms with van der Waals surface area (Å²) in [6.07, 6.45) is 5.19. The third-order valence-electron chi connectivity index (χ3n) is 4.19. The molecule has 1 heterocycles. The van der Waals surface area contributed by atoms with Gasteiger partial charge in [-0.25, -0.2) is 4.98 Å². The molecule has 1 aliphatic rings. The Morgan fingerprint density at radius 2 is 1.80 bits per heavy atom. The van der Waals surface area contributed by atoms with E-state index in [1.54, 1.807) is 35.8 Å². The van der Waals surface area contributed by atoms with Crippen molar-refractivity contribution in [1.82, 2.24) is 4.98 Å². The first-order chi connectivity index (χ1) is 12.1. The molecule has 0 aliphatic heterocycles. The van der Waals surface area contributed by atoms with Gasteiger partial charge in [0.25, 0.3) is 0 Å². The van der Waals surface area contributed by atoms with Crippen molar-refractivity contribution in [3.05, 3.63) is 41.4 Å². The molecule has 1 fully saturated rings. The predicted octanol–water partition coefficient (Wildman–Crippen LogP) is 3.48. The van der Waals surface area contributed by atoms with Gasteiger partial charge >= 0.3 is 0 Å². The normalized spacial score (nSPS) is 14.2. The van der Waals surface area contributed by atoms with Gasteiger partial charge in [0.05, 0.1) is 5.69 Å². The summed E-state index contributed by atoms with van der Waals surface area (Å²) in [5, 5.41) is 7.44. The van der Waals surface area contributed by atoms with Crippen molar-refractivity contribution in [2.45, 2.75) is 32.1 Å². The van der Waals surface area contributed by atoms with Crippen molar-refractivity contribution in [2.24, 2.45) is 5.92 Å². The second kappa shape index (κ2) is 8.02. The van der Waals surface area contributed by atoms with Crippen LogP contribution in [0.4, 0.5) is 10.8 Å². The quantitative estimate of drug-likeness (QED) is 0.612. The lowest BCUT2D eigenvalue weighted by atomic mass is 9.95. The fourth-order valence-electron chi connectivity index (χ4n) is 3.00. The van der Waals surface area contributed by atoms with Crippen LogP contribution in [0.2, 0.25) is 0 Å². The lowest BCUT2D eigenvalue weighted by Gasteiger charge is -2.13. The Morgan fingerprint density at radius 1 is 1.08 bits per heavy atom. The number of Topliss-reactive ketones (excluding diaryl/α,β-unsaturated/α-hetero) is 1. The van der Waals surface area contributed by atoms with Crippen molar-refractivity contribution in [3.63, 3.8) is 0 Å². The van der Waals surface area contributed by atoms with E-state index in [4.69, 9.17) is 0 Å². The molecule has 0 unspecified atom stereocenters. The number of hydrogen-bond acceptors (Lipinski definition) is 5. The monoisotopic (exact) mass is 357 g/mol. The minimum absolute atomic E-state index is 0.0336. The predicted molar refractivity (Wildman–Crippen MR) is 96.7 cm³/mol. The Kier molecular flexibility index (Phi) is 5.55. The molecule has 130 valence electrons. The van der Waals surface area contributed by atoms with E-state index in [1.807, 2.05) is 0 Å². The van der Waals surface area contributed by atoms with Gasteiger partial charge in [-0.15, -0.1) is 11.3 Å². The maximum absolute atomic E-state index is 12.6. The van der Waals surface area contributed by atoms with Crippen molar-refractivity contribution < 1.29 is 14.4 Å². The van der Waals surface area contributed by atoms with E-state index < -0.39 is 11.8 Å². The van der Waals surface area contributed by atoms with E-state index in [0.29, 0.717) is 16.4 Å². The number of amides is 2. The maximum atomic E-state index is 12.6. The van der Waals surface area contributed by atoms with Crippen LogP contribution in [0.15, 0.2) is 35.8 Å². The zero-order chi connectivity index (χ0) is 17.6. The molecule has 0 radical (unpaired) electrons. The second-order valence-corrected chi connectivity index (χ2v) is 6.90. The average molecular weight is 357 g/mol. The lowest BCUT2D eigenvalue weighted by Crippen LogP contribution is -2.23. The van der Waals surface area contributed by atoms with Crippen LogP contribution in [0.3, 0.4) is 0 Å². The third kappa shape index (κ3) is 4.51. The highest BCUT2D eigenvalue weighted by molar-refractivity contribution is 7.13. The first-order valence-corrected chi connectivity index (χ1v) is 9.14. The molecular formula is C18H19N3O3S. The summed E-state index contributed by atoms with van der Waals surface area (Å²) in [6, 6.07) is 6.97. The number of para-hydroxylation sites is 1. The number of nitrogens with one attached hydrogen (secondary N) is 2. The number of aromatic nitrogens is 1. The van der Waals surface area contributed by atoms with Gasteiger partial charge in [-0.2, -0.15) is 0 Å². The lowest BCUT2D eigenvalue weighted by molar-refractivity contribution is -0.123. The number of ketones is 1. The molecule has 3 rings (SSSR count). The zero-order valence-corrected chi connectivity index (χ0v) is 14.5. The molecule has 25 heavy (non-hydrogen) atoms. The van der Waals surface area contributed by atoms with Gasteiger partial charge in [-0.3, -0.25) is 14.4 Å². The highest BCUT2D eigenvalue weighted by Crippen LogP contribution is 2.30. The van der Waals surface area contributed by atoms with E-state index >= 15 is 0 Å². The molecular weight excluding hydrogens is 338 g/mol. The highest BCUT2D eigenvalue weighted by Gasteiger charge is 2.26. The Labute approximate surface area is 149 Å². The fraction of sp³-hybridized carbons (Fsp3) is 0.333. The molecule has 0 bridgehead atoms. The van der Waals surface area contributed by atoms with Crippen LogP contribution >= 0.6 is 11.3 Å². The van der Waals surface area contributed by atoms with Gasteiger partial charge in [0.1, 0.15) is 6.42 Å². The van der Waals surface area contributed by atoms with Gasteiger partial charge in [0.2, 0.25) is 11.8 Å². The SMILES string of the molecule is O=C(CC(=O)Nc1ccccc1C(=O)C1CCCC1)Nc1nccs1. The fourth-order valence-corrected chi connectivity index (χ4v) is 3.55. The molecule has 7 heteroatoms. The Balaban J connectivity index is 1.63. The van der Waals surface area contributed by atoms with Gasteiger partial charge in [0.15, 0.2) is 10.9 Å². The Hall–Kier alpha value is -2.54. The molecule has 2 aromatic rings. The van der Waals surface area contributed by atoms with Crippen LogP contribution in [0, 0.1) is 5.92 Å². The topological polar surface area (TPSA) is 88.2 Å². The second-order valence-electron chi connectivity index (χ2n) is 6.00. The van der Waals surface area contributed by atoms with Crippen LogP contribution in [-0.4, -0.2) is 22.6 Å². The summed E-state index contributed by atoms with van der Waals surface area (Å²) in [7, 11) is 0. The molecule has 0 spiro atoms. The summed E-state index contributed by atoms with van der Waals surface area (Å²) >= 11 is 1.28. The first-order valence-electron chi connectivity index (χ1n) is 8.26. The number of thiazole rings is 1. The molecule has 1 aromatic carbocycles. The van der Waals surface area contributed by atoms with E-state index in [-0.39, 0.29) is 18.1 Å². The van der Waals surface area contributed by atoms with Crippen LogP contribution in [0.5, 0.6) is 0 Å². The molecule has 2 N–H and O–H groups in total. The zero-order valence-electron chi connectivity index (χ0n) is 13.7. The van der Waals surface area contributed by atoms with E-state index in [0.717, 1.165) is 25.7 Å². The number of carbonyl (C=O) groups is 3. The first kappa shape index (κ1) is 17.3. The third-order valence-corrected chi connectivity index (χ3v) is 4.88. The van der Waals surface area contributed by atoms with E-state index in [1.165, 1.54) is 11.3 Å². The maximum Gasteiger partial charge on any atom is 0.235 e. The van der Waals surface area contributed by atoms with Crippen LogP contribution < -0.4 is 10.6 Å². The molecule has 1 aliphatic carbocycles. The summed E-state index contributed by atoms with van der Waals surface area (Å²) < 4.78 is 0. The molecule has 2 amide bonds. The molecule has 1 saturated carbocycles. The van der Waals surface area contributed by atoms with E-state index in [2.05, 4.69) is 15.6 Å². The largest absolute Gasteiger partial charge is 0.325 e. The van der Waals surface area contributed by atoms with Crippen LogP contribution in [0.1, 0.15) is 42.5 Å². The van der Waals surface area contributed by atoms with Gasteiger partial charge in [0, 0.05) is 23.1 Å². The Morgan fingerprint density at radius 3 is 2.52 bits per heavy atom. The standard InChI is InChI=1S/C18H19N3O3S/c22-15(11-16(23)21-18-19-9-10-25-18)20-14-8-4-3-7-13(14)17(24)12-5-1-2-6-12/h3-4,7-10,12H,1-2,5-6,11H2,(H,20,22)(H,19,21,23). The minimum atomic E-state index is -0.458. The molecule has 0 atom stereocenters. The van der Waals surface area contributed by atoms with Crippen molar-refractivity contribution in [2.75, 3.05) is 10.6 Å². The summed E-state index contributed by atoms with van der Waals surface area (Å²) in [4.78, 5) is 40.6. The van der Waals surface area contributed by atoms with Crippen molar-refractivity contribution >= 4 is 39.8 Å². The smallest absolute Gasteiger partial charge is 0.235 e. The molecule has 0 saturated heterocycles. The molecule has 1 aromatic heterocycles. The van der Waals surface area contributed by atoms with Gasteiger partial charge < -0.3 is 10.6 Å². The van der Waals surface area contributed by atoms with Crippen LogP contribution in [0.25, 0.3) is 0 Å². The summed E-state index contributed by atoms with van der Waals surface area (Å²) in [5.41, 5.74) is 0.981. The summed E-state index contributed by atoms with van der Waals surface area (Å²) in [6.45, 7) is 0. The minimum Gasteiger partial charge on any atom is -0.325 e. The number of anilines is 2. The number of carbonyl (C=O) groups excluding carboxylic acids is 3. The Bertz CT molecular complexity index is 768. The number of rotatable bonds is 6. The van der Waals surface area contributed by atoms with Gasteiger partial charge in [-0.1, -0.05) is 25.0 Å². The number of hydrogen-bond donors (Lipinski definition) is 2. The summed E-state index contributed by atoms with van der Waals surface area (Å²) in [5.74, 6) is -0.792.